The molecule has 2 aromatic rings. The molecule has 2 N–H and O–H groups in total. The minimum atomic E-state index is -3.75. The third-order valence-electron chi connectivity index (χ3n) is 3.44. The van der Waals surface area contributed by atoms with Gasteiger partial charge >= 0.3 is 6.01 Å². The van der Waals surface area contributed by atoms with Gasteiger partial charge in [-0.3, -0.25) is 0 Å². The van der Waals surface area contributed by atoms with Gasteiger partial charge in [-0.05, 0) is 49.9 Å². The maximum Gasteiger partial charge on any atom is 0.336 e. The number of rotatable bonds is 4. The van der Waals surface area contributed by atoms with Crippen molar-refractivity contribution in [2.45, 2.75) is 32.6 Å². The van der Waals surface area contributed by atoms with Gasteiger partial charge in [-0.2, -0.15) is 4.98 Å². The number of nitrogens with one attached hydrogen (secondary N) is 2. The SMILES string of the molecule is COc1n[nH]c(NS(=O)(=O)c2c(C)c(C)cc(C)c2C)n1. The van der Waals surface area contributed by atoms with Gasteiger partial charge in [-0.1, -0.05) is 6.07 Å². The topological polar surface area (TPSA) is 97.0 Å². The number of sulfonamides is 1. The standard InChI is InChI=1S/C13H18N4O3S/c1-7-6-8(2)10(4)11(9(7)3)21(18,19)17-12-14-13(20-5)16-15-12/h6H,1-5H3,(H2,14,15,16,17). The van der Waals surface area contributed by atoms with Crippen LogP contribution in [0, 0.1) is 27.7 Å². The third-order valence-corrected chi connectivity index (χ3v) is 5.06. The molecule has 0 aliphatic carbocycles. The molecule has 0 radical (unpaired) electrons. The molecule has 2 rings (SSSR count). The lowest BCUT2D eigenvalue weighted by Crippen LogP contribution is -2.17. The average molecular weight is 310 g/mol. The van der Waals surface area contributed by atoms with Crippen molar-refractivity contribution in [3.63, 3.8) is 0 Å². The second kappa shape index (κ2) is 5.36. The zero-order valence-corrected chi connectivity index (χ0v) is 13.4. The fourth-order valence-corrected chi connectivity index (χ4v) is 3.72. The largest absolute Gasteiger partial charge is 0.466 e. The van der Waals surface area contributed by atoms with Gasteiger partial charge in [0.1, 0.15) is 0 Å². The van der Waals surface area contributed by atoms with Gasteiger partial charge < -0.3 is 4.74 Å². The van der Waals surface area contributed by atoms with Gasteiger partial charge in [0.25, 0.3) is 10.0 Å². The molecule has 7 nitrogen and oxygen atoms in total. The summed E-state index contributed by atoms with van der Waals surface area (Å²) in [4.78, 5) is 4.14. The van der Waals surface area contributed by atoms with Gasteiger partial charge in [0.2, 0.25) is 5.95 Å². The molecule has 0 saturated carbocycles. The van der Waals surface area contributed by atoms with Crippen LogP contribution in [-0.4, -0.2) is 30.7 Å². The predicted molar refractivity (Wildman–Crippen MR) is 79.1 cm³/mol. The molecule has 0 saturated heterocycles. The van der Waals surface area contributed by atoms with Crippen molar-refractivity contribution in [1.29, 1.82) is 0 Å². The molecule has 0 spiro atoms. The van der Waals surface area contributed by atoms with E-state index in [2.05, 4.69) is 19.9 Å². The normalized spacial score (nSPS) is 11.5. The first-order chi connectivity index (χ1) is 9.76. The van der Waals surface area contributed by atoms with Gasteiger partial charge in [-0.15, -0.1) is 5.10 Å². The number of hydrogen-bond acceptors (Lipinski definition) is 5. The molecular formula is C13H18N4O3S. The Morgan fingerprint density at radius 3 is 2.19 bits per heavy atom. The van der Waals surface area contributed by atoms with Crippen LogP contribution in [-0.2, 0) is 10.0 Å². The molecule has 0 aliphatic heterocycles. The lowest BCUT2D eigenvalue weighted by atomic mass is 10.0. The molecule has 0 atom stereocenters. The van der Waals surface area contributed by atoms with E-state index in [1.54, 1.807) is 13.8 Å². The van der Waals surface area contributed by atoms with E-state index in [9.17, 15) is 8.42 Å². The number of H-pyrrole nitrogens is 1. The van der Waals surface area contributed by atoms with E-state index < -0.39 is 10.0 Å². The van der Waals surface area contributed by atoms with E-state index in [0.717, 1.165) is 22.3 Å². The van der Waals surface area contributed by atoms with Crippen LogP contribution in [0.4, 0.5) is 5.95 Å². The van der Waals surface area contributed by atoms with Crippen molar-refractivity contribution in [2.24, 2.45) is 0 Å². The summed E-state index contributed by atoms with van der Waals surface area (Å²) in [5, 5.41) is 6.18. The highest BCUT2D eigenvalue weighted by molar-refractivity contribution is 7.92. The molecule has 21 heavy (non-hydrogen) atoms. The molecule has 0 bridgehead atoms. The van der Waals surface area contributed by atoms with Gasteiger partial charge in [-0.25, -0.2) is 18.2 Å². The van der Waals surface area contributed by atoms with Gasteiger partial charge in [0.05, 0.1) is 12.0 Å². The molecule has 1 aromatic carbocycles. The summed E-state index contributed by atoms with van der Waals surface area (Å²) in [5.74, 6) is 0.0183. The van der Waals surface area contributed by atoms with Crippen LogP contribution >= 0.6 is 0 Å². The summed E-state index contributed by atoms with van der Waals surface area (Å²) in [6.45, 7) is 7.35. The molecule has 1 aromatic heterocycles. The molecular weight excluding hydrogens is 292 g/mol. The number of anilines is 1. The van der Waals surface area contributed by atoms with Crippen LogP contribution in [0.25, 0.3) is 0 Å². The molecule has 1 heterocycles. The van der Waals surface area contributed by atoms with Crippen LogP contribution < -0.4 is 9.46 Å². The first-order valence-electron chi connectivity index (χ1n) is 6.33. The molecule has 0 amide bonds. The fraction of sp³-hybridized carbons (Fsp3) is 0.385. The van der Waals surface area contributed by atoms with Crippen molar-refractivity contribution >= 4 is 16.0 Å². The minimum absolute atomic E-state index is 0.0183. The van der Waals surface area contributed by atoms with E-state index >= 15 is 0 Å². The number of hydrogen-bond donors (Lipinski definition) is 2. The Morgan fingerprint density at radius 1 is 1.14 bits per heavy atom. The number of nitrogens with zero attached hydrogens (tertiary/aromatic N) is 2. The number of aromatic nitrogens is 3. The van der Waals surface area contributed by atoms with Crippen LogP contribution in [0.1, 0.15) is 22.3 Å². The molecule has 114 valence electrons. The Kier molecular flexibility index (Phi) is 3.91. The highest BCUT2D eigenvalue weighted by Crippen LogP contribution is 2.27. The van der Waals surface area contributed by atoms with E-state index in [0.29, 0.717) is 0 Å². The Morgan fingerprint density at radius 2 is 1.71 bits per heavy atom. The van der Waals surface area contributed by atoms with Crippen molar-refractivity contribution in [2.75, 3.05) is 11.8 Å². The first-order valence-corrected chi connectivity index (χ1v) is 7.81. The summed E-state index contributed by atoms with van der Waals surface area (Å²) >= 11 is 0. The van der Waals surface area contributed by atoms with E-state index in [1.165, 1.54) is 7.11 Å². The van der Waals surface area contributed by atoms with Crippen LogP contribution in [0.3, 0.4) is 0 Å². The Labute approximate surface area is 123 Å². The maximum atomic E-state index is 12.6. The monoisotopic (exact) mass is 310 g/mol. The summed E-state index contributed by atoms with van der Waals surface area (Å²) < 4.78 is 32.4. The molecule has 0 fully saturated rings. The first kappa shape index (κ1) is 15.3. The lowest BCUT2D eigenvalue weighted by Gasteiger charge is -2.15. The second-order valence-electron chi connectivity index (χ2n) is 4.87. The van der Waals surface area contributed by atoms with Crippen LogP contribution in [0.2, 0.25) is 0 Å². The Bertz CT molecular complexity index is 755. The van der Waals surface area contributed by atoms with E-state index in [1.807, 2.05) is 19.9 Å². The van der Waals surface area contributed by atoms with E-state index in [4.69, 9.17) is 4.74 Å². The Balaban J connectivity index is 2.49. The summed E-state index contributed by atoms with van der Waals surface area (Å²) in [6.07, 6.45) is 0. The van der Waals surface area contributed by atoms with Crippen LogP contribution in [0.5, 0.6) is 6.01 Å². The zero-order valence-electron chi connectivity index (χ0n) is 12.6. The zero-order chi connectivity index (χ0) is 15.8. The number of aromatic amines is 1. The highest BCUT2D eigenvalue weighted by atomic mass is 32.2. The number of benzene rings is 1. The van der Waals surface area contributed by atoms with Gasteiger partial charge in [0.15, 0.2) is 0 Å². The second-order valence-corrected chi connectivity index (χ2v) is 6.48. The molecule has 0 aliphatic rings. The molecule has 8 heteroatoms. The van der Waals surface area contributed by atoms with Crippen molar-refractivity contribution in [1.82, 2.24) is 15.2 Å². The number of ether oxygens (including phenoxy) is 1. The molecule has 0 unspecified atom stereocenters. The maximum absolute atomic E-state index is 12.6. The lowest BCUT2D eigenvalue weighted by molar-refractivity contribution is 0.382. The number of methoxy groups -OCH3 is 1. The quantitative estimate of drug-likeness (QED) is 0.898. The van der Waals surface area contributed by atoms with Crippen molar-refractivity contribution in [3.05, 3.63) is 28.3 Å². The summed E-state index contributed by atoms with van der Waals surface area (Å²) in [6, 6.07) is 2.04. The fourth-order valence-electron chi connectivity index (χ4n) is 2.15. The number of aryl methyl sites for hydroxylation is 2. The average Bonchev–Trinajstić information content (AvgIpc) is 2.83. The Hall–Kier alpha value is -2.09. The van der Waals surface area contributed by atoms with Crippen LogP contribution in [0.15, 0.2) is 11.0 Å². The summed E-state index contributed by atoms with van der Waals surface area (Å²) in [7, 11) is -2.35. The van der Waals surface area contributed by atoms with Crippen molar-refractivity contribution in [3.8, 4) is 6.01 Å². The van der Waals surface area contributed by atoms with E-state index in [-0.39, 0.29) is 16.9 Å². The predicted octanol–water partition coefficient (Wildman–Crippen LogP) is 1.85. The summed E-state index contributed by atoms with van der Waals surface area (Å²) in [5.41, 5.74) is 3.29. The third kappa shape index (κ3) is 2.85. The smallest absolute Gasteiger partial charge is 0.336 e. The minimum Gasteiger partial charge on any atom is -0.466 e. The van der Waals surface area contributed by atoms with Gasteiger partial charge in [0, 0.05) is 0 Å². The highest BCUT2D eigenvalue weighted by Gasteiger charge is 2.23. The van der Waals surface area contributed by atoms with Crippen molar-refractivity contribution < 1.29 is 13.2 Å².